The third-order valence-electron chi connectivity index (χ3n) is 2.61. The molecule has 0 aromatic carbocycles. The van der Waals surface area contributed by atoms with Crippen LogP contribution < -0.4 is 0 Å². The van der Waals surface area contributed by atoms with Crippen molar-refractivity contribution >= 4 is 5.57 Å². The Balaban J connectivity index is 0.000000354. The summed E-state index contributed by atoms with van der Waals surface area (Å²) in [6, 6.07) is 3.95. The van der Waals surface area contributed by atoms with E-state index in [1.54, 1.807) is 6.26 Å². The first-order chi connectivity index (χ1) is 6.93. The van der Waals surface area contributed by atoms with Crippen LogP contribution >= 0.6 is 0 Å². The maximum Gasteiger partial charge on any atom is 0.133 e. The standard InChI is InChI=1S/C11H10O.C2H6/c1-2-11(12-5-1)9-4-3-8-6-10(8)7-9;1-2/h1-5,7-8,10H,6H2;1-2H3. The van der Waals surface area contributed by atoms with Gasteiger partial charge in [0, 0.05) is 5.57 Å². The predicted octanol–water partition coefficient (Wildman–Crippen LogP) is 3.90. The van der Waals surface area contributed by atoms with Crippen LogP contribution in [0.1, 0.15) is 26.0 Å². The first-order valence-corrected chi connectivity index (χ1v) is 5.37. The average Bonchev–Trinajstić information content (AvgIpc) is 2.82. The molecule has 2 atom stereocenters. The number of allylic oxidation sites excluding steroid dienone is 4. The molecule has 0 spiro atoms. The van der Waals surface area contributed by atoms with Gasteiger partial charge in [-0.25, -0.2) is 0 Å². The van der Waals surface area contributed by atoms with Crippen LogP contribution in [-0.2, 0) is 0 Å². The molecule has 1 nitrogen and oxygen atoms in total. The number of hydrogen-bond acceptors (Lipinski definition) is 1. The van der Waals surface area contributed by atoms with E-state index in [1.807, 2.05) is 26.0 Å². The molecule has 2 aliphatic carbocycles. The second-order valence-corrected chi connectivity index (χ2v) is 3.52. The van der Waals surface area contributed by atoms with Crippen molar-refractivity contribution in [3.05, 3.63) is 42.4 Å². The summed E-state index contributed by atoms with van der Waals surface area (Å²) in [5.74, 6) is 2.63. The van der Waals surface area contributed by atoms with Crippen LogP contribution in [0.3, 0.4) is 0 Å². The van der Waals surface area contributed by atoms with Crippen molar-refractivity contribution in [2.75, 3.05) is 0 Å². The molecule has 0 amide bonds. The van der Waals surface area contributed by atoms with E-state index in [1.165, 1.54) is 12.0 Å². The predicted molar refractivity (Wildman–Crippen MR) is 58.8 cm³/mol. The summed E-state index contributed by atoms with van der Waals surface area (Å²) < 4.78 is 5.32. The van der Waals surface area contributed by atoms with Crippen LogP contribution in [-0.4, -0.2) is 0 Å². The summed E-state index contributed by atoms with van der Waals surface area (Å²) in [6.07, 6.45) is 9.85. The third kappa shape index (κ3) is 1.67. The van der Waals surface area contributed by atoms with Crippen LogP contribution in [0.15, 0.2) is 41.0 Å². The van der Waals surface area contributed by atoms with Gasteiger partial charge in [0.2, 0.25) is 0 Å². The highest BCUT2D eigenvalue weighted by atomic mass is 16.3. The molecular formula is C13H16O. The zero-order chi connectivity index (χ0) is 9.97. The lowest BCUT2D eigenvalue weighted by atomic mass is 10.1. The van der Waals surface area contributed by atoms with Crippen molar-refractivity contribution in [1.82, 2.24) is 0 Å². The van der Waals surface area contributed by atoms with Gasteiger partial charge in [0.05, 0.1) is 6.26 Å². The lowest BCUT2D eigenvalue weighted by molar-refractivity contribution is 0.553. The Morgan fingerprint density at radius 1 is 1.29 bits per heavy atom. The summed E-state index contributed by atoms with van der Waals surface area (Å²) >= 11 is 0. The van der Waals surface area contributed by atoms with Gasteiger partial charge in [0.15, 0.2) is 0 Å². The third-order valence-corrected chi connectivity index (χ3v) is 2.61. The Morgan fingerprint density at radius 2 is 2.14 bits per heavy atom. The molecule has 1 aromatic rings. The van der Waals surface area contributed by atoms with Gasteiger partial charge < -0.3 is 4.42 Å². The van der Waals surface area contributed by atoms with Crippen LogP contribution in [0, 0.1) is 11.8 Å². The average molecular weight is 188 g/mol. The molecule has 0 radical (unpaired) electrons. The molecule has 1 heterocycles. The van der Waals surface area contributed by atoms with Gasteiger partial charge in [-0.3, -0.25) is 0 Å². The van der Waals surface area contributed by atoms with Crippen LogP contribution in [0.25, 0.3) is 5.57 Å². The Morgan fingerprint density at radius 3 is 2.79 bits per heavy atom. The van der Waals surface area contributed by atoms with E-state index in [4.69, 9.17) is 4.42 Å². The van der Waals surface area contributed by atoms with Crippen molar-refractivity contribution in [3.63, 3.8) is 0 Å². The van der Waals surface area contributed by atoms with Crippen molar-refractivity contribution in [1.29, 1.82) is 0 Å². The second kappa shape index (κ2) is 3.87. The number of furan rings is 1. The fourth-order valence-corrected chi connectivity index (χ4v) is 1.77. The summed E-state index contributed by atoms with van der Waals surface area (Å²) in [5.41, 5.74) is 1.25. The molecule has 0 N–H and O–H groups in total. The topological polar surface area (TPSA) is 13.1 Å². The summed E-state index contributed by atoms with van der Waals surface area (Å²) in [6.45, 7) is 4.00. The first kappa shape index (κ1) is 9.32. The lowest BCUT2D eigenvalue weighted by Crippen LogP contribution is -1.85. The quantitative estimate of drug-likeness (QED) is 0.651. The Hall–Kier alpha value is -1.24. The molecule has 0 bridgehead atoms. The van der Waals surface area contributed by atoms with Gasteiger partial charge in [-0.1, -0.05) is 32.1 Å². The normalized spacial score (nSPS) is 27.1. The number of fused-ring (bicyclic) bond motifs is 1. The molecule has 1 fully saturated rings. The minimum absolute atomic E-state index is 0.801. The second-order valence-electron chi connectivity index (χ2n) is 3.52. The molecule has 1 saturated carbocycles. The minimum Gasteiger partial charge on any atom is -0.464 e. The van der Waals surface area contributed by atoms with Crippen LogP contribution in [0.4, 0.5) is 0 Å². The molecule has 0 aliphatic heterocycles. The lowest BCUT2D eigenvalue weighted by Gasteiger charge is -2.01. The Labute approximate surface area is 85.1 Å². The monoisotopic (exact) mass is 188 g/mol. The number of hydrogen-bond donors (Lipinski definition) is 0. The largest absolute Gasteiger partial charge is 0.464 e. The zero-order valence-corrected chi connectivity index (χ0v) is 8.73. The number of rotatable bonds is 1. The molecule has 1 aromatic heterocycles. The fourth-order valence-electron chi connectivity index (χ4n) is 1.77. The summed E-state index contributed by atoms with van der Waals surface area (Å²) in [5, 5.41) is 0. The van der Waals surface area contributed by atoms with Crippen molar-refractivity contribution in [2.45, 2.75) is 20.3 Å². The molecule has 2 unspecified atom stereocenters. The van der Waals surface area contributed by atoms with E-state index in [0.717, 1.165) is 17.6 Å². The Bertz CT molecular complexity index is 343. The van der Waals surface area contributed by atoms with Crippen molar-refractivity contribution in [3.8, 4) is 0 Å². The van der Waals surface area contributed by atoms with E-state index >= 15 is 0 Å². The maximum absolute atomic E-state index is 5.32. The molecule has 1 heteroatoms. The smallest absolute Gasteiger partial charge is 0.133 e. The fraction of sp³-hybridized carbons (Fsp3) is 0.385. The van der Waals surface area contributed by atoms with Gasteiger partial charge >= 0.3 is 0 Å². The van der Waals surface area contributed by atoms with Crippen molar-refractivity contribution < 1.29 is 4.42 Å². The van der Waals surface area contributed by atoms with E-state index in [2.05, 4.69) is 18.2 Å². The highest BCUT2D eigenvalue weighted by molar-refractivity contribution is 5.72. The molecular weight excluding hydrogens is 172 g/mol. The van der Waals surface area contributed by atoms with Gasteiger partial charge in [0.25, 0.3) is 0 Å². The van der Waals surface area contributed by atoms with E-state index in [-0.39, 0.29) is 0 Å². The van der Waals surface area contributed by atoms with E-state index in [9.17, 15) is 0 Å². The maximum atomic E-state index is 5.32. The first-order valence-electron chi connectivity index (χ1n) is 5.37. The minimum atomic E-state index is 0.801. The van der Waals surface area contributed by atoms with Gasteiger partial charge in [-0.15, -0.1) is 0 Å². The molecule has 3 rings (SSSR count). The zero-order valence-electron chi connectivity index (χ0n) is 8.73. The molecule has 2 aliphatic rings. The van der Waals surface area contributed by atoms with Crippen LogP contribution in [0.2, 0.25) is 0 Å². The van der Waals surface area contributed by atoms with Gasteiger partial charge in [-0.2, -0.15) is 0 Å². The van der Waals surface area contributed by atoms with E-state index < -0.39 is 0 Å². The summed E-state index contributed by atoms with van der Waals surface area (Å²) in [4.78, 5) is 0. The van der Waals surface area contributed by atoms with Crippen LogP contribution in [0.5, 0.6) is 0 Å². The Kier molecular flexibility index (Phi) is 2.58. The van der Waals surface area contributed by atoms with Gasteiger partial charge in [0.1, 0.15) is 5.76 Å². The molecule has 0 saturated heterocycles. The molecule has 14 heavy (non-hydrogen) atoms. The highest BCUT2D eigenvalue weighted by Crippen LogP contribution is 2.45. The SMILES string of the molecule is C1=CC2CC2C=C1c1ccco1.CC. The molecule has 74 valence electrons. The van der Waals surface area contributed by atoms with Gasteiger partial charge in [-0.05, 0) is 30.4 Å². The summed E-state index contributed by atoms with van der Waals surface area (Å²) in [7, 11) is 0. The highest BCUT2D eigenvalue weighted by Gasteiger charge is 2.35. The van der Waals surface area contributed by atoms with Crippen molar-refractivity contribution in [2.24, 2.45) is 11.8 Å². The van der Waals surface area contributed by atoms with E-state index in [0.29, 0.717) is 0 Å².